The van der Waals surface area contributed by atoms with Gasteiger partial charge in [-0.05, 0) is 36.5 Å². The SMILES string of the molecule is COCc1nn2c3c(c(C)nc2c1-c1ccc(OC)c(OC)c1)C(=O)CC(C)(C)C3. The molecule has 0 bridgehead atoms. The van der Waals surface area contributed by atoms with Gasteiger partial charge in [-0.3, -0.25) is 4.79 Å². The van der Waals surface area contributed by atoms with Crippen molar-refractivity contribution in [3.8, 4) is 22.6 Å². The number of hydrogen-bond donors (Lipinski definition) is 0. The molecule has 1 aliphatic carbocycles. The van der Waals surface area contributed by atoms with Crippen LogP contribution in [0.15, 0.2) is 18.2 Å². The van der Waals surface area contributed by atoms with Gasteiger partial charge in [-0.25, -0.2) is 9.50 Å². The summed E-state index contributed by atoms with van der Waals surface area (Å²) < 4.78 is 18.1. The van der Waals surface area contributed by atoms with Crippen molar-refractivity contribution in [2.45, 2.75) is 40.2 Å². The molecule has 1 aromatic carbocycles. The van der Waals surface area contributed by atoms with Crippen molar-refractivity contribution in [1.29, 1.82) is 0 Å². The van der Waals surface area contributed by atoms with Gasteiger partial charge in [0.1, 0.15) is 0 Å². The summed E-state index contributed by atoms with van der Waals surface area (Å²) in [6, 6.07) is 5.75. The van der Waals surface area contributed by atoms with Gasteiger partial charge < -0.3 is 14.2 Å². The van der Waals surface area contributed by atoms with Crippen LogP contribution in [-0.4, -0.2) is 41.7 Å². The number of rotatable bonds is 5. The van der Waals surface area contributed by atoms with E-state index in [1.54, 1.807) is 21.3 Å². The number of fused-ring (bicyclic) bond motifs is 3. The highest BCUT2D eigenvalue weighted by atomic mass is 16.5. The molecule has 30 heavy (non-hydrogen) atoms. The van der Waals surface area contributed by atoms with Crippen LogP contribution in [0.1, 0.15) is 47.7 Å². The van der Waals surface area contributed by atoms with E-state index in [1.165, 1.54) is 0 Å². The molecule has 0 atom stereocenters. The number of carbonyl (C=O) groups is 1. The van der Waals surface area contributed by atoms with Crippen molar-refractivity contribution in [3.63, 3.8) is 0 Å². The van der Waals surface area contributed by atoms with Gasteiger partial charge in [-0.1, -0.05) is 19.9 Å². The first-order valence-electron chi connectivity index (χ1n) is 9.95. The van der Waals surface area contributed by atoms with E-state index < -0.39 is 0 Å². The van der Waals surface area contributed by atoms with Crippen molar-refractivity contribution in [2.75, 3.05) is 21.3 Å². The van der Waals surface area contributed by atoms with Gasteiger partial charge in [0.25, 0.3) is 0 Å². The molecule has 2 heterocycles. The molecule has 7 heteroatoms. The van der Waals surface area contributed by atoms with Crippen LogP contribution in [0.5, 0.6) is 11.5 Å². The molecule has 3 aromatic rings. The molecule has 0 radical (unpaired) electrons. The first-order chi connectivity index (χ1) is 14.3. The second-order valence-electron chi connectivity index (χ2n) is 8.52. The lowest BCUT2D eigenvalue weighted by Gasteiger charge is -2.30. The topological polar surface area (TPSA) is 75.0 Å². The van der Waals surface area contributed by atoms with E-state index in [0.29, 0.717) is 30.1 Å². The van der Waals surface area contributed by atoms with E-state index in [2.05, 4.69) is 13.8 Å². The zero-order valence-corrected chi connectivity index (χ0v) is 18.3. The number of Topliss-reactive ketones (excluding diaryl/α,β-unsaturated/α-hetero) is 1. The molecule has 0 saturated carbocycles. The smallest absolute Gasteiger partial charge is 0.167 e. The van der Waals surface area contributed by atoms with Gasteiger partial charge in [-0.2, -0.15) is 5.10 Å². The van der Waals surface area contributed by atoms with Crippen LogP contribution in [0.3, 0.4) is 0 Å². The second kappa shape index (κ2) is 7.40. The highest BCUT2D eigenvalue weighted by Crippen LogP contribution is 2.39. The van der Waals surface area contributed by atoms with Gasteiger partial charge in [0.05, 0.1) is 49.0 Å². The Hall–Kier alpha value is -2.93. The minimum Gasteiger partial charge on any atom is -0.493 e. The van der Waals surface area contributed by atoms with Crippen molar-refractivity contribution in [2.24, 2.45) is 5.41 Å². The summed E-state index contributed by atoms with van der Waals surface area (Å²) in [4.78, 5) is 17.7. The average Bonchev–Trinajstić information content (AvgIpc) is 3.04. The van der Waals surface area contributed by atoms with Crippen LogP contribution < -0.4 is 9.47 Å². The van der Waals surface area contributed by atoms with E-state index in [-0.39, 0.29) is 11.2 Å². The van der Waals surface area contributed by atoms with Crippen LogP contribution in [0, 0.1) is 12.3 Å². The van der Waals surface area contributed by atoms with Gasteiger partial charge in [0.15, 0.2) is 22.9 Å². The Kier molecular flexibility index (Phi) is 5.02. The number of carbonyl (C=O) groups excluding carboxylic acids is 1. The number of nitrogens with zero attached hydrogens (tertiary/aromatic N) is 3. The fourth-order valence-corrected chi connectivity index (χ4v) is 4.36. The maximum absolute atomic E-state index is 12.9. The average molecular weight is 409 g/mol. The zero-order valence-electron chi connectivity index (χ0n) is 18.3. The number of methoxy groups -OCH3 is 3. The Morgan fingerprint density at radius 2 is 1.80 bits per heavy atom. The van der Waals surface area contributed by atoms with E-state index in [4.69, 9.17) is 24.3 Å². The number of aryl methyl sites for hydroxylation is 1. The standard InChI is InChI=1S/C23H27N3O4/c1-13-20-16(10-23(2,3)11-17(20)27)26-22(24-13)21(15(25-26)12-28-4)14-7-8-18(29-5)19(9-14)30-6/h7-9H,10-12H2,1-6H3. The lowest BCUT2D eigenvalue weighted by molar-refractivity contribution is 0.0907. The molecule has 0 saturated heterocycles. The Bertz CT molecular complexity index is 1150. The number of ketones is 1. The fourth-order valence-electron chi connectivity index (χ4n) is 4.36. The first kappa shape index (κ1) is 20.3. The Balaban J connectivity index is 2.02. The molecule has 0 unspecified atom stereocenters. The highest BCUT2D eigenvalue weighted by Gasteiger charge is 2.35. The third-order valence-corrected chi connectivity index (χ3v) is 5.63. The van der Waals surface area contributed by atoms with E-state index in [0.717, 1.165) is 40.3 Å². The Morgan fingerprint density at radius 3 is 2.47 bits per heavy atom. The van der Waals surface area contributed by atoms with Crippen molar-refractivity contribution < 1.29 is 19.0 Å². The third kappa shape index (κ3) is 3.23. The highest BCUT2D eigenvalue weighted by molar-refractivity contribution is 6.00. The second-order valence-corrected chi connectivity index (χ2v) is 8.52. The maximum atomic E-state index is 12.9. The van der Waals surface area contributed by atoms with Crippen molar-refractivity contribution in [3.05, 3.63) is 40.8 Å². The Morgan fingerprint density at radius 1 is 1.07 bits per heavy atom. The number of benzene rings is 1. The molecule has 7 nitrogen and oxygen atoms in total. The monoisotopic (exact) mass is 409 g/mol. The normalized spacial score (nSPS) is 15.3. The molecule has 0 N–H and O–H groups in total. The van der Waals surface area contributed by atoms with Gasteiger partial charge in [0.2, 0.25) is 0 Å². The molecule has 1 aliphatic rings. The van der Waals surface area contributed by atoms with Gasteiger partial charge in [0, 0.05) is 13.5 Å². The summed E-state index contributed by atoms with van der Waals surface area (Å²) in [5.74, 6) is 1.41. The lowest BCUT2D eigenvalue weighted by atomic mass is 9.75. The van der Waals surface area contributed by atoms with E-state index in [1.807, 2.05) is 29.6 Å². The molecule has 4 rings (SSSR count). The predicted octanol–water partition coefficient (Wildman–Crippen LogP) is 4.02. The summed E-state index contributed by atoms with van der Waals surface area (Å²) in [5, 5.41) is 4.84. The summed E-state index contributed by atoms with van der Waals surface area (Å²) in [7, 11) is 4.86. The summed E-state index contributed by atoms with van der Waals surface area (Å²) >= 11 is 0. The Labute approximate surface area is 176 Å². The number of aromatic nitrogens is 3. The molecule has 158 valence electrons. The summed E-state index contributed by atoms with van der Waals surface area (Å²) in [6.07, 6.45) is 1.27. The van der Waals surface area contributed by atoms with Crippen LogP contribution in [0.2, 0.25) is 0 Å². The molecular weight excluding hydrogens is 382 g/mol. The van der Waals surface area contributed by atoms with Gasteiger partial charge >= 0.3 is 0 Å². The van der Waals surface area contributed by atoms with E-state index in [9.17, 15) is 4.79 Å². The predicted molar refractivity (Wildman–Crippen MR) is 113 cm³/mol. The summed E-state index contributed by atoms with van der Waals surface area (Å²) in [6.45, 7) is 6.46. The van der Waals surface area contributed by atoms with Crippen LogP contribution in [0.25, 0.3) is 16.8 Å². The molecule has 2 aromatic heterocycles. The van der Waals surface area contributed by atoms with Crippen LogP contribution >= 0.6 is 0 Å². The van der Waals surface area contributed by atoms with Gasteiger partial charge in [-0.15, -0.1) is 0 Å². The van der Waals surface area contributed by atoms with Crippen molar-refractivity contribution in [1.82, 2.24) is 14.6 Å². The third-order valence-electron chi connectivity index (χ3n) is 5.63. The minimum atomic E-state index is -0.123. The number of hydrogen-bond acceptors (Lipinski definition) is 6. The molecule has 0 fully saturated rings. The van der Waals surface area contributed by atoms with E-state index >= 15 is 0 Å². The van der Waals surface area contributed by atoms with Crippen molar-refractivity contribution >= 4 is 11.4 Å². The zero-order chi connectivity index (χ0) is 21.6. The minimum absolute atomic E-state index is 0.123. The van der Waals surface area contributed by atoms with Crippen LogP contribution in [-0.2, 0) is 17.8 Å². The fraction of sp³-hybridized carbons (Fsp3) is 0.435. The van der Waals surface area contributed by atoms with Crippen LogP contribution in [0.4, 0.5) is 0 Å². The molecule has 0 aliphatic heterocycles. The molecular formula is C23H27N3O4. The number of ether oxygens (including phenoxy) is 3. The first-order valence-corrected chi connectivity index (χ1v) is 9.95. The largest absolute Gasteiger partial charge is 0.493 e. The quantitative estimate of drug-likeness (QED) is 0.634. The maximum Gasteiger partial charge on any atom is 0.167 e. The lowest BCUT2D eigenvalue weighted by Crippen LogP contribution is -2.30. The molecule has 0 amide bonds. The summed E-state index contributed by atoms with van der Waals surface area (Å²) in [5.41, 5.74) is 5.50. The molecule has 0 spiro atoms.